The molecule has 0 saturated carbocycles. The number of benzene rings is 2. The second-order valence-corrected chi connectivity index (χ2v) is 23.3. The van der Waals surface area contributed by atoms with E-state index < -0.39 is 0 Å². The fourth-order valence-corrected chi connectivity index (χ4v) is 11.3. The van der Waals surface area contributed by atoms with Gasteiger partial charge in [0.2, 0.25) is 0 Å². The van der Waals surface area contributed by atoms with Gasteiger partial charge in [0.05, 0.1) is 9.75 Å². The van der Waals surface area contributed by atoms with Crippen LogP contribution < -0.4 is 9.47 Å². The highest BCUT2D eigenvalue weighted by Gasteiger charge is 2.37. The van der Waals surface area contributed by atoms with Gasteiger partial charge < -0.3 is 9.47 Å². The van der Waals surface area contributed by atoms with Crippen LogP contribution in [0.4, 0.5) is 0 Å². The van der Waals surface area contributed by atoms with Crippen LogP contribution in [0, 0.1) is 21.7 Å². The summed E-state index contributed by atoms with van der Waals surface area (Å²) < 4.78 is 16.1. The second kappa shape index (κ2) is 16.1. The summed E-state index contributed by atoms with van der Waals surface area (Å²) in [6.07, 6.45) is 11.0. The van der Waals surface area contributed by atoms with E-state index in [-0.39, 0.29) is 27.4 Å². The summed E-state index contributed by atoms with van der Waals surface area (Å²) in [4.78, 5) is 18.7. The minimum absolute atomic E-state index is 0.0640. The van der Waals surface area contributed by atoms with Crippen LogP contribution in [0.3, 0.4) is 0 Å². The Kier molecular flexibility index (Phi) is 11.7. The first-order valence-corrected chi connectivity index (χ1v) is 23.4. The van der Waals surface area contributed by atoms with Crippen molar-refractivity contribution < 1.29 is 14.3 Å². The van der Waals surface area contributed by atoms with Crippen molar-refractivity contribution in [3.63, 3.8) is 0 Å². The average Bonchev–Trinajstić information content (AvgIpc) is 3.88. The van der Waals surface area contributed by atoms with Crippen molar-refractivity contribution in [1.82, 2.24) is 0 Å². The van der Waals surface area contributed by atoms with E-state index in [1.165, 1.54) is 25.7 Å². The van der Waals surface area contributed by atoms with Crippen molar-refractivity contribution in [1.29, 1.82) is 0 Å². The molecule has 312 valence electrons. The van der Waals surface area contributed by atoms with Gasteiger partial charge in [-0.05, 0) is 92.5 Å². The summed E-state index contributed by atoms with van der Waals surface area (Å²) in [6.45, 7) is 33.8. The van der Waals surface area contributed by atoms with Crippen molar-refractivity contribution in [3.8, 4) is 11.5 Å². The zero-order valence-corrected chi connectivity index (χ0v) is 40.2. The van der Waals surface area contributed by atoms with Crippen LogP contribution in [0.5, 0.6) is 11.5 Å². The first-order chi connectivity index (χ1) is 28.1. The zero-order valence-electron chi connectivity index (χ0n) is 37.7. The summed E-state index contributed by atoms with van der Waals surface area (Å²) in [6, 6.07) is 21.8. The molecule has 1 aliphatic carbocycles. The van der Waals surface area contributed by atoms with E-state index in [1.54, 1.807) is 22.7 Å². The van der Waals surface area contributed by atoms with Gasteiger partial charge in [-0.25, -0.2) is 0 Å². The maximum atomic E-state index is 14.4. The van der Waals surface area contributed by atoms with Gasteiger partial charge in [-0.15, -0.1) is 34.0 Å². The third kappa shape index (κ3) is 8.66. The highest BCUT2D eigenvalue weighted by atomic mass is 32.1. The van der Waals surface area contributed by atoms with Gasteiger partial charge in [-0.1, -0.05) is 150 Å². The summed E-state index contributed by atoms with van der Waals surface area (Å²) in [5, 5.41) is 2.39. The highest BCUT2D eigenvalue weighted by molar-refractivity contribution is 7.22. The number of thiophene rings is 3. The van der Waals surface area contributed by atoms with Crippen molar-refractivity contribution >= 4 is 71.1 Å². The molecule has 0 saturated heterocycles. The zero-order chi connectivity index (χ0) is 43.5. The Hall–Kier alpha value is -4.49. The molecule has 5 aromatic rings. The maximum Gasteiger partial charge on any atom is 0.186 e. The molecule has 0 amide bonds. The van der Waals surface area contributed by atoms with Crippen LogP contribution >= 0.6 is 34.0 Å². The Labute approximate surface area is 370 Å². The van der Waals surface area contributed by atoms with Gasteiger partial charge in [0.15, 0.2) is 17.3 Å². The molecule has 60 heavy (non-hydrogen) atoms. The lowest BCUT2D eigenvalue weighted by atomic mass is 9.71. The number of hydrogen-bond donors (Lipinski definition) is 0. The van der Waals surface area contributed by atoms with Gasteiger partial charge in [0, 0.05) is 41.4 Å². The number of ether oxygens (including phenoxy) is 2. The molecular weight excluding hydrogens is 793 g/mol. The third-order valence-corrected chi connectivity index (χ3v) is 14.9. The molecular formula is C54H60O3S3. The number of carbonyl (C=O) groups is 1. The number of Topliss-reactive ketones (excluding diaryl/α,β-unsaturated/α-hetero) is 1. The maximum absolute atomic E-state index is 14.4. The Morgan fingerprint density at radius 1 is 0.650 bits per heavy atom. The van der Waals surface area contributed by atoms with E-state index in [0.717, 1.165) is 70.0 Å². The van der Waals surface area contributed by atoms with E-state index in [4.69, 9.17) is 9.47 Å². The predicted molar refractivity (Wildman–Crippen MR) is 262 cm³/mol. The first-order valence-electron chi connectivity index (χ1n) is 21.0. The number of fused-ring (bicyclic) bond motifs is 3. The molecule has 0 fully saturated rings. The molecule has 2 aliphatic rings. The highest BCUT2D eigenvalue weighted by Crippen LogP contribution is 2.56. The summed E-state index contributed by atoms with van der Waals surface area (Å²) in [7, 11) is 0. The van der Waals surface area contributed by atoms with Crippen LogP contribution in [-0.4, -0.2) is 19.0 Å². The summed E-state index contributed by atoms with van der Waals surface area (Å²) >= 11 is 5.33. The molecule has 0 bridgehead atoms. The van der Waals surface area contributed by atoms with Crippen LogP contribution in [0.2, 0.25) is 0 Å². The third-order valence-electron chi connectivity index (χ3n) is 11.4. The number of ketones is 1. The molecule has 6 heteroatoms. The Bertz CT molecular complexity index is 2610. The fourth-order valence-electron chi connectivity index (χ4n) is 7.53. The van der Waals surface area contributed by atoms with Gasteiger partial charge in [-0.3, -0.25) is 4.79 Å². The predicted octanol–water partition coefficient (Wildman–Crippen LogP) is 16.2. The van der Waals surface area contributed by atoms with Gasteiger partial charge in [0.1, 0.15) is 13.2 Å². The Morgan fingerprint density at radius 3 is 1.63 bits per heavy atom. The molecule has 0 atom stereocenters. The smallest absolute Gasteiger partial charge is 0.186 e. The normalized spacial score (nSPS) is 16.3. The summed E-state index contributed by atoms with van der Waals surface area (Å²) in [5.41, 5.74) is 7.37. The molecule has 0 unspecified atom stereocenters. The quantitative estimate of drug-likeness (QED) is 0.153. The molecule has 0 N–H and O–H groups in total. The average molecular weight is 853 g/mol. The van der Waals surface area contributed by atoms with Gasteiger partial charge in [0.25, 0.3) is 0 Å². The first kappa shape index (κ1) is 43.6. The lowest BCUT2D eigenvalue weighted by molar-refractivity contribution is -0.114. The van der Waals surface area contributed by atoms with Crippen molar-refractivity contribution in [2.75, 3.05) is 13.2 Å². The van der Waals surface area contributed by atoms with Gasteiger partial charge >= 0.3 is 0 Å². The van der Waals surface area contributed by atoms with Crippen molar-refractivity contribution in [3.05, 3.63) is 151 Å². The number of allylic oxidation sites excluding steroid dienone is 11. The van der Waals surface area contributed by atoms with Crippen LogP contribution in [0.25, 0.3) is 31.3 Å². The topological polar surface area (TPSA) is 35.5 Å². The number of carbonyl (C=O) groups excluding carboxylic acids is 1. The summed E-state index contributed by atoms with van der Waals surface area (Å²) in [5.74, 6) is 1.64. The molecule has 4 heterocycles. The lowest BCUT2D eigenvalue weighted by Gasteiger charge is -2.32. The van der Waals surface area contributed by atoms with E-state index in [2.05, 4.69) is 182 Å². The van der Waals surface area contributed by atoms with E-state index in [1.807, 2.05) is 17.4 Å². The number of hydrogen-bond acceptors (Lipinski definition) is 6. The molecule has 0 radical (unpaired) electrons. The Morgan fingerprint density at radius 2 is 1.15 bits per heavy atom. The molecule has 2 aromatic carbocycles. The van der Waals surface area contributed by atoms with E-state index in [0.29, 0.717) is 13.2 Å². The molecule has 1 aliphatic heterocycles. The monoisotopic (exact) mass is 852 g/mol. The van der Waals surface area contributed by atoms with Crippen molar-refractivity contribution in [2.24, 2.45) is 21.7 Å². The molecule has 0 spiro atoms. The minimum Gasteiger partial charge on any atom is -0.485 e. The van der Waals surface area contributed by atoms with Crippen molar-refractivity contribution in [2.45, 2.75) is 90.0 Å². The SMILES string of the molecule is C=C\C(=C/C(/C=C(\C)C(C)(C)C)=C(\c1cc2ccccc2s1)c1sc(C(=C2C=C(C(C)(C)C)C(=O)C(C(C)(C)C)=C2)c2cc3ccccc3s2)c2c1OCCO2)C(C)(C)C. The van der Waals surface area contributed by atoms with E-state index >= 15 is 0 Å². The fraction of sp³-hybridized carbons (Fsp3) is 0.352. The van der Waals surface area contributed by atoms with E-state index in [9.17, 15) is 4.79 Å². The molecule has 3 aromatic heterocycles. The van der Waals surface area contributed by atoms with Gasteiger partial charge in [-0.2, -0.15) is 0 Å². The largest absolute Gasteiger partial charge is 0.485 e. The lowest BCUT2D eigenvalue weighted by Crippen LogP contribution is -2.28. The second-order valence-electron chi connectivity index (χ2n) is 20.1. The number of rotatable bonds is 7. The standard InChI is InChI=1S/C54H60O3S3/c1-15-37(52(6,7)8)27-35(26-32(2)51(3,4)5)44(42-30-33-20-16-18-22-40(33)58-42)49-47-48(57-25-24-56-47)50(60-49)45(43-31-34-21-17-19-23-41(34)59-43)36-28-38(53(9,10)11)46(55)39(29-36)54(12,13)14/h15-23,26-31H,1,24-25H2,2-14H3/b32-26+,37-27+,44-35+. The van der Waals surface area contributed by atoms with Crippen LogP contribution in [0.1, 0.15) is 110 Å². The molecule has 3 nitrogen and oxygen atoms in total. The van der Waals surface area contributed by atoms with Crippen LogP contribution in [-0.2, 0) is 4.79 Å². The van der Waals surface area contributed by atoms with Crippen LogP contribution in [0.15, 0.2) is 131 Å². The Balaban J connectivity index is 1.67. The minimum atomic E-state index is -0.372. The molecule has 7 rings (SSSR count).